The molecule has 0 radical (unpaired) electrons. The standard InChI is InChI=1S/C14H21NO3/c1-4-17-13(16)14(2,3)9-11-6-5-7-12(8-11)10-18-15/h5-8H,4,9-10,15H2,1-3H3. The maximum absolute atomic E-state index is 11.8. The quantitative estimate of drug-likeness (QED) is 0.622. The Morgan fingerprint density at radius 3 is 2.61 bits per heavy atom. The predicted molar refractivity (Wildman–Crippen MR) is 69.5 cm³/mol. The molecule has 0 atom stereocenters. The summed E-state index contributed by atoms with van der Waals surface area (Å²) in [5, 5.41) is 0. The van der Waals surface area contributed by atoms with Gasteiger partial charge in [0, 0.05) is 0 Å². The zero-order chi connectivity index (χ0) is 13.6. The Morgan fingerprint density at radius 1 is 1.33 bits per heavy atom. The van der Waals surface area contributed by atoms with Crippen molar-refractivity contribution in [3.8, 4) is 0 Å². The van der Waals surface area contributed by atoms with Gasteiger partial charge in [0.2, 0.25) is 0 Å². The summed E-state index contributed by atoms with van der Waals surface area (Å²) in [6, 6.07) is 7.85. The lowest BCUT2D eigenvalue weighted by Gasteiger charge is -2.22. The zero-order valence-corrected chi connectivity index (χ0v) is 11.2. The van der Waals surface area contributed by atoms with Gasteiger partial charge in [0.05, 0.1) is 18.6 Å². The van der Waals surface area contributed by atoms with Crippen LogP contribution in [0.25, 0.3) is 0 Å². The Hall–Kier alpha value is -1.39. The monoisotopic (exact) mass is 251 g/mol. The van der Waals surface area contributed by atoms with E-state index in [1.165, 1.54) is 0 Å². The molecule has 0 aliphatic carbocycles. The summed E-state index contributed by atoms with van der Waals surface area (Å²) in [4.78, 5) is 16.4. The van der Waals surface area contributed by atoms with E-state index in [9.17, 15) is 4.79 Å². The predicted octanol–water partition coefficient (Wildman–Crippen LogP) is 2.21. The Morgan fingerprint density at radius 2 is 2.00 bits per heavy atom. The van der Waals surface area contributed by atoms with Gasteiger partial charge in [0.15, 0.2) is 0 Å². The topological polar surface area (TPSA) is 61.5 Å². The molecule has 0 aliphatic rings. The van der Waals surface area contributed by atoms with Gasteiger partial charge in [0.1, 0.15) is 0 Å². The van der Waals surface area contributed by atoms with Crippen LogP contribution in [0.5, 0.6) is 0 Å². The van der Waals surface area contributed by atoms with E-state index < -0.39 is 5.41 Å². The van der Waals surface area contributed by atoms with E-state index in [1.807, 2.05) is 45.0 Å². The number of ether oxygens (including phenoxy) is 1. The molecule has 0 heterocycles. The van der Waals surface area contributed by atoms with E-state index in [0.717, 1.165) is 11.1 Å². The second kappa shape index (κ2) is 6.52. The van der Waals surface area contributed by atoms with Gasteiger partial charge in [-0.05, 0) is 38.3 Å². The first kappa shape index (κ1) is 14.7. The fraction of sp³-hybridized carbons (Fsp3) is 0.500. The van der Waals surface area contributed by atoms with Gasteiger partial charge in [-0.15, -0.1) is 0 Å². The van der Waals surface area contributed by atoms with E-state index in [1.54, 1.807) is 0 Å². The molecular formula is C14H21NO3. The maximum Gasteiger partial charge on any atom is 0.311 e. The number of rotatable bonds is 6. The van der Waals surface area contributed by atoms with Crippen molar-refractivity contribution >= 4 is 5.97 Å². The molecule has 100 valence electrons. The van der Waals surface area contributed by atoms with Gasteiger partial charge < -0.3 is 4.74 Å². The Balaban J connectivity index is 2.76. The van der Waals surface area contributed by atoms with E-state index >= 15 is 0 Å². The van der Waals surface area contributed by atoms with E-state index in [4.69, 9.17) is 10.6 Å². The van der Waals surface area contributed by atoms with Crippen molar-refractivity contribution in [2.45, 2.75) is 33.8 Å². The van der Waals surface area contributed by atoms with Crippen molar-refractivity contribution in [3.63, 3.8) is 0 Å². The lowest BCUT2D eigenvalue weighted by atomic mass is 9.85. The van der Waals surface area contributed by atoms with Crippen LogP contribution in [0.15, 0.2) is 24.3 Å². The van der Waals surface area contributed by atoms with Crippen LogP contribution in [-0.4, -0.2) is 12.6 Å². The number of hydrogen-bond acceptors (Lipinski definition) is 4. The second-order valence-electron chi connectivity index (χ2n) is 4.91. The molecule has 18 heavy (non-hydrogen) atoms. The molecule has 1 aromatic carbocycles. The van der Waals surface area contributed by atoms with Crippen molar-refractivity contribution in [1.29, 1.82) is 0 Å². The molecule has 4 heteroatoms. The third-order valence-corrected chi connectivity index (χ3v) is 2.72. The zero-order valence-electron chi connectivity index (χ0n) is 11.2. The molecule has 0 bridgehead atoms. The van der Waals surface area contributed by atoms with Crippen LogP contribution >= 0.6 is 0 Å². The number of carbonyl (C=O) groups excluding carboxylic acids is 1. The highest BCUT2D eigenvalue weighted by atomic mass is 16.6. The fourth-order valence-corrected chi connectivity index (χ4v) is 1.83. The third-order valence-electron chi connectivity index (χ3n) is 2.72. The smallest absolute Gasteiger partial charge is 0.311 e. The summed E-state index contributed by atoms with van der Waals surface area (Å²) in [7, 11) is 0. The molecule has 0 amide bonds. The van der Waals surface area contributed by atoms with Crippen molar-refractivity contribution in [2.75, 3.05) is 6.61 Å². The molecule has 0 spiro atoms. The highest BCUT2D eigenvalue weighted by Crippen LogP contribution is 2.24. The second-order valence-corrected chi connectivity index (χ2v) is 4.91. The van der Waals surface area contributed by atoms with Gasteiger partial charge in [-0.3, -0.25) is 9.63 Å². The number of hydrogen-bond donors (Lipinski definition) is 1. The summed E-state index contributed by atoms with van der Waals surface area (Å²) >= 11 is 0. The summed E-state index contributed by atoms with van der Waals surface area (Å²) in [6.07, 6.45) is 0.629. The molecule has 1 rings (SSSR count). The van der Waals surface area contributed by atoms with Gasteiger partial charge in [-0.2, -0.15) is 0 Å². The fourth-order valence-electron chi connectivity index (χ4n) is 1.83. The molecule has 1 aromatic rings. The number of benzene rings is 1. The summed E-state index contributed by atoms with van der Waals surface area (Å²) in [5.74, 6) is 4.88. The molecule has 0 unspecified atom stereocenters. The maximum atomic E-state index is 11.8. The van der Waals surface area contributed by atoms with Gasteiger partial charge in [-0.25, -0.2) is 5.90 Å². The van der Waals surface area contributed by atoms with E-state index in [0.29, 0.717) is 19.6 Å². The van der Waals surface area contributed by atoms with Crippen LogP contribution < -0.4 is 5.90 Å². The highest BCUT2D eigenvalue weighted by molar-refractivity contribution is 5.76. The first-order valence-electron chi connectivity index (χ1n) is 6.06. The largest absolute Gasteiger partial charge is 0.466 e. The molecule has 4 nitrogen and oxygen atoms in total. The first-order chi connectivity index (χ1) is 8.49. The number of nitrogens with two attached hydrogens (primary N) is 1. The van der Waals surface area contributed by atoms with E-state index in [-0.39, 0.29) is 5.97 Å². The number of carbonyl (C=O) groups is 1. The average Bonchev–Trinajstić information content (AvgIpc) is 2.29. The van der Waals surface area contributed by atoms with Gasteiger partial charge >= 0.3 is 5.97 Å². The molecule has 0 aromatic heterocycles. The van der Waals surface area contributed by atoms with Crippen LogP contribution in [0.3, 0.4) is 0 Å². The Bertz CT molecular complexity index is 402. The molecule has 0 saturated heterocycles. The summed E-state index contributed by atoms with van der Waals surface area (Å²) < 4.78 is 5.07. The third kappa shape index (κ3) is 4.13. The lowest BCUT2D eigenvalue weighted by molar-refractivity contribution is -0.153. The Labute approximate surface area is 108 Å². The average molecular weight is 251 g/mol. The van der Waals surface area contributed by atoms with Crippen LogP contribution in [0.2, 0.25) is 0 Å². The minimum Gasteiger partial charge on any atom is -0.466 e. The van der Waals surface area contributed by atoms with Crippen LogP contribution in [0.1, 0.15) is 31.9 Å². The minimum atomic E-state index is -0.530. The molecule has 0 aliphatic heterocycles. The van der Waals surface area contributed by atoms with E-state index in [2.05, 4.69) is 4.84 Å². The van der Waals surface area contributed by atoms with Crippen molar-refractivity contribution in [3.05, 3.63) is 35.4 Å². The van der Waals surface area contributed by atoms with Crippen LogP contribution in [0.4, 0.5) is 0 Å². The van der Waals surface area contributed by atoms with Gasteiger partial charge in [-0.1, -0.05) is 24.3 Å². The summed E-state index contributed by atoms with van der Waals surface area (Å²) in [6.45, 7) is 6.36. The first-order valence-corrected chi connectivity index (χ1v) is 6.06. The Kier molecular flexibility index (Phi) is 5.31. The van der Waals surface area contributed by atoms with Crippen molar-refractivity contribution in [1.82, 2.24) is 0 Å². The summed E-state index contributed by atoms with van der Waals surface area (Å²) in [5.41, 5.74) is 1.54. The molecule has 0 fully saturated rings. The lowest BCUT2D eigenvalue weighted by Crippen LogP contribution is -2.29. The van der Waals surface area contributed by atoms with Gasteiger partial charge in [0.25, 0.3) is 0 Å². The van der Waals surface area contributed by atoms with Crippen molar-refractivity contribution in [2.24, 2.45) is 11.3 Å². The minimum absolute atomic E-state index is 0.175. The SMILES string of the molecule is CCOC(=O)C(C)(C)Cc1cccc(CON)c1. The molecule has 2 N–H and O–H groups in total. The normalized spacial score (nSPS) is 11.3. The number of esters is 1. The van der Waals surface area contributed by atoms with Crippen LogP contribution in [-0.2, 0) is 27.4 Å². The molecule has 0 saturated carbocycles. The van der Waals surface area contributed by atoms with Crippen LogP contribution in [0, 0.1) is 5.41 Å². The molecular weight excluding hydrogens is 230 g/mol. The van der Waals surface area contributed by atoms with Crippen molar-refractivity contribution < 1.29 is 14.4 Å². The highest BCUT2D eigenvalue weighted by Gasteiger charge is 2.29.